The molecule has 0 aliphatic carbocycles. The van der Waals surface area contributed by atoms with Crippen LogP contribution < -0.4 is 10.2 Å². The van der Waals surface area contributed by atoms with Crippen LogP contribution in [0.4, 0.5) is 5.82 Å². The van der Waals surface area contributed by atoms with Crippen LogP contribution in [0.15, 0.2) is 52.2 Å². The van der Waals surface area contributed by atoms with Crippen molar-refractivity contribution in [3.8, 4) is 0 Å². The molecule has 156 valence electrons. The second kappa shape index (κ2) is 9.78. The molecule has 2 aliphatic rings. The summed E-state index contributed by atoms with van der Waals surface area (Å²) in [5.74, 6) is 3.06. The maximum absolute atomic E-state index is 5.77. The molecule has 4 rings (SSSR count). The Morgan fingerprint density at radius 3 is 2.55 bits per heavy atom. The summed E-state index contributed by atoms with van der Waals surface area (Å²) < 4.78 is 5.77. The van der Waals surface area contributed by atoms with Gasteiger partial charge in [0.1, 0.15) is 11.6 Å². The van der Waals surface area contributed by atoms with E-state index < -0.39 is 0 Å². The molecule has 2 saturated heterocycles. The number of piperazine rings is 1. The van der Waals surface area contributed by atoms with Crippen LogP contribution in [0.5, 0.6) is 0 Å². The molecule has 2 fully saturated rings. The van der Waals surface area contributed by atoms with E-state index in [1.165, 1.54) is 19.3 Å². The second-order valence-electron chi connectivity index (χ2n) is 7.72. The topological polar surface area (TPSA) is 60.1 Å². The Hall–Kier alpha value is -2.54. The average molecular weight is 397 g/mol. The molecule has 7 nitrogen and oxygen atoms in total. The molecule has 0 spiro atoms. The number of furan rings is 1. The first-order valence-corrected chi connectivity index (χ1v) is 10.7. The van der Waals surface area contributed by atoms with Gasteiger partial charge in [-0.1, -0.05) is 12.5 Å². The third-order valence-corrected chi connectivity index (χ3v) is 5.92. The number of nitrogens with one attached hydrogen (secondary N) is 1. The number of aromatic nitrogens is 1. The van der Waals surface area contributed by atoms with Gasteiger partial charge in [-0.2, -0.15) is 0 Å². The highest BCUT2D eigenvalue weighted by Crippen LogP contribution is 2.24. The maximum Gasteiger partial charge on any atom is 0.193 e. The van der Waals surface area contributed by atoms with Crippen molar-refractivity contribution in [1.82, 2.24) is 20.1 Å². The van der Waals surface area contributed by atoms with E-state index >= 15 is 0 Å². The van der Waals surface area contributed by atoms with Gasteiger partial charge in [-0.3, -0.25) is 9.89 Å². The highest BCUT2D eigenvalue weighted by molar-refractivity contribution is 5.80. The zero-order valence-corrected chi connectivity index (χ0v) is 17.3. The predicted molar refractivity (Wildman–Crippen MR) is 116 cm³/mol. The minimum absolute atomic E-state index is 0.247. The van der Waals surface area contributed by atoms with E-state index in [0.29, 0.717) is 0 Å². The van der Waals surface area contributed by atoms with Gasteiger partial charge in [-0.25, -0.2) is 4.98 Å². The Bertz CT molecular complexity index is 749. The van der Waals surface area contributed by atoms with Crippen molar-refractivity contribution < 1.29 is 4.42 Å². The van der Waals surface area contributed by atoms with E-state index in [1.54, 1.807) is 6.26 Å². The van der Waals surface area contributed by atoms with Crippen molar-refractivity contribution >= 4 is 11.8 Å². The van der Waals surface area contributed by atoms with E-state index in [-0.39, 0.29) is 6.04 Å². The van der Waals surface area contributed by atoms with Gasteiger partial charge in [0.25, 0.3) is 0 Å². The summed E-state index contributed by atoms with van der Waals surface area (Å²) in [6, 6.07) is 10.4. The fraction of sp³-hybridized carbons (Fsp3) is 0.545. The monoisotopic (exact) mass is 396 g/mol. The lowest BCUT2D eigenvalue weighted by Gasteiger charge is -2.38. The van der Waals surface area contributed by atoms with Crippen molar-refractivity contribution in [1.29, 1.82) is 0 Å². The van der Waals surface area contributed by atoms with Crippen molar-refractivity contribution in [2.45, 2.75) is 25.3 Å². The van der Waals surface area contributed by atoms with Gasteiger partial charge in [0.15, 0.2) is 5.96 Å². The fourth-order valence-electron chi connectivity index (χ4n) is 4.33. The molecule has 0 saturated carbocycles. The van der Waals surface area contributed by atoms with Crippen LogP contribution >= 0.6 is 0 Å². The molecule has 0 radical (unpaired) electrons. The number of nitrogens with zero attached hydrogens (tertiary/aromatic N) is 5. The zero-order chi connectivity index (χ0) is 19.9. The molecule has 1 atom stereocenters. The predicted octanol–water partition coefficient (Wildman–Crippen LogP) is 2.60. The molecule has 1 unspecified atom stereocenters. The van der Waals surface area contributed by atoms with E-state index in [9.17, 15) is 0 Å². The molecule has 0 aromatic carbocycles. The van der Waals surface area contributed by atoms with E-state index in [0.717, 1.165) is 63.4 Å². The van der Waals surface area contributed by atoms with Crippen LogP contribution in [0.3, 0.4) is 0 Å². The summed E-state index contributed by atoms with van der Waals surface area (Å²) in [5.41, 5.74) is 0. The molecule has 1 N–H and O–H groups in total. The maximum atomic E-state index is 5.77. The summed E-state index contributed by atoms with van der Waals surface area (Å²) in [6.45, 7) is 6.84. The first kappa shape index (κ1) is 19.8. The molecule has 29 heavy (non-hydrogen) atoms. The lowest BCUT2D eigenvalue weighted by Crippen LogP contribution is -2.53. The molecule has 2 aromatic heterocycles. The van der Waals surface area contributed by atoms with Crippen LogP contribution in [0.1, 0.15) is 31.1 Å². The third kappa shape index (κ3) is 4.90. The molecule has 0 amide bonds. The summed E-state index contributed by atoms with van der Waals surface area (Å²) in [5, 5.41) is 3.62. The fourth-order valence-corrected chi connectivity index (χ4v) is 4.33. The summed E-state index contributed by atoms with van der Waals surface area (Å²) >= 11 is 0. The largest absolute Gasteiger partial charge is 0.468 e. The van der Waals surface area contributed by atoms with Crippen LogP contribution in [-0.4, -0.2) is 73.6 Å². The van der Waals surface area contributed by atoms with Crippen molar-refractivity contribution in [3.05, 3.63) is 48.6 Å². The number of rotatable bonds is 5. The van der Waals surface area contributed by atoms with E-state index in [4.69, 9.17) is 4.42 Å². The number of pyridine rings is 1. The molecule has 2 aromatic rings. The summed E-state index contributed by atoms with van der Waals surface area (Å²) in [6.07, 6.45) is 7.50. The SMILES string of the molecule is CN=C(NCC(c1ccco1)N1CCCCC1)N1CCN(c2ccccn2)CC1. The van der Waals surface area contributed by atoms with Gasteiger partial charge in [0.05, 0.1) is 12.3 Å². The number of hydrogen-bond donors (Lipinski definition) is 1. The standard InChI is InChI=1S/C22H32N6O/c1-23-22(28-15-13-27(14-16-28)21-9-3-4-10-24-21)25-18-19(20-8-7-17-29-20)26-11-5-2-6-12-26/h3-4,7-10,17,19H,2,5-6,11-16,18H2,1H3,(H,23,25). The molecular formula is C22H32N6O. The molecule has 7 heteroatoms. The Morgan fingerprint density at radius 1 is 1.07 bits per heavy atom. The second-order valence-corrected chi connectivity index (χ2v) is 7.72. The van der Waals surface area contributed by atoms with E-state index in [2.05, 4.69) is 42.1 Å². The third-order valence-electron chi connectivity index (χ3n) is 5.92. The number of hydrogen-bond acceptors (Lipinski definition) is 5. The lowest BCUT2D eigenvalue weighted by molar-refractivity contribution is 0.145. The van der Waals surface area contributed by atoms with Crippen LogP contribution in [0.25, 0.3) is 0 Å². The first-order chi connectivity index (χ1) is 14.3. The zero-order valence-electron chi connectivity index (χ0n) is 17.3. The number of aliphatic imine (C=N–C) groups is 1. The van der Waals surface area contributed by atoms with Crippen LogP contribution in [0, 0.1) is 0 Å². The summed E-state index contributed by atoms with van der Waals surface area (Å²) in [4.78, 5) is 16.3. The number of anilines is 1. The molecule has 2 aliphatic heterocycles. The highest BCUT2D eigenvalue weighted by atomic mass is 16.3. The molecule has 4 heterocycles. The Balaban J connectivity index is 1.35. The molecule has 0 bridgehead atoms. The lowest BCUT2D eigenvalue weighted by atomic mass is 10.1. The smallest absolute Gasteiger partial charge is 0.193 e. The van der Waals surface area contributed by atoms with E-state index in [1.807, 2.05) is 31.4 Å². The first-order valence-electron chi connectivity index (χ1n) is 10.7. The van der Waals surface area contributed by atoms with Gasteiger partial charge in [-0.15, -0.1) is 0 Å². The van der Waals surface area contributed by atoms with Crippen LogP contribution in [-0.2, 0) is 0 Å². The van der Waals surface area contributed by atoms with Crippen molar-refractivity contribution in [2.75, 3.05) is 57.8 Å². The summed E-state index contributed by atoms with van der Waals surface area (Å²) in [7, 11) is 1.87. The minimum Gasteiger partial charge on any atom is -0.468 e. The van der Waals surface area contributed by atoms with Gasteiger partial charge in [0, 0.05) is 46.0 Å². The highest BCUT2D eigenvalue weighted by Gasteiger charge is 2.26. The van der Waals surface area contributed by atoms with Gasteiger partial charge >= 0.3 is 0 Å². The Labute approximate surface area is 173 Å². The average Bonchev–Trinajstić information content (AvgIpc) is 3.33. The van der Waals surface area contributed by atoms with Crippen molar-refractivity contribution in [3.63, 3.8) is 0 Å². The van der Waals surface area contributed by atoms with Crippen molar-refractivity contribution in [2.24, 2.45) is 4.99 Å². The van der Waals surface area contributed by atoms with Crippen LogP contribution in [0.2, 0.25) is 0 Å². The minimum atomic E-state index is 0.247. The normalized spacial score (nSPS) is 20.0. The quantitative estimate of drug-likeness (QED) is 0.619. The Morgan fingerprint density at radius 2 is 1.90 bits per heavy atom. The molecular weight excluding hydrogens is 364 g/mol. The number of guanidine groups is 1. The van der Waals surface area contributed by atoms with Gasteiger partial charge in [-0.05, 0) is 50.2 Å². The number of piperidine rings is 1. The van der Waals surface area contributed by atoms with Gasteiger partial charge < -0.3 is 19.5 Å². The Kier molecular flexibility index (Phi) is 6.67. The number of likely N-dealkylation sites (tertiary alicyclic amines) is 1. The van der Waals surface area contributed by atoms with Gasteiger partial charge in [0.2, 0.25) is 0 Å².